The number of hydrogen-bond acceptors (Lipinski definition) is 3. The Morgan fingerprint density at radius 3 is 2.54 bits per heavy atom. The third kappa shape index (κ3) is 7.07. The summed E-state index contributed by atoms with van der Waals surface area (Å²) in [6.45, 7) is 15.5. The van der Waals surface area contributed by atoms with Crippen LogP contribution in [0.2, 0.25) is 0 Å². The van der Waals surface area contributed by atoms with Gasteiger partial charge in [0.1, 0.15) is 0 Å². The molecule has 1 unspecified atom stereocenters. The highest BCUT2D eigenvalue weighted by atomic mass is 16.1. The number of carbonyl (C=O) groups is 1. The molecule has 140 valence electrons. The Labute approximate surface area is 147 Å². The van der Waals surface area contributed by atoms with Crippen molar-refractivity contribution < 1.29 is 4.79 Å². The van der Waals surface area contributed by atoms with Gasteiger partial charge in [0.05, 0.1) is 6.54 Å². The highest BCUT2D eigenvalue weighted by Crippen LogP contribution is 2.19. The molecular formula is C18H37N5O. The average molecular weight is 340 g/mol. The first kappa shape index (κ1) is 20.7. The minimum atomic E-state index is -0.201. The molecule has 1 atom stereocenters. The van der Waals surface area contributed by atoms with Gasteiger partial charge in [-0.15, -0.1) is 0 Å². The largest absolute Gasteiger partial charge is 0.370 e. The molecule has 24 heavy (non-hydrogen) atoms. The van der Waals surface area contributed by atoms with Crippen LogP contribution in [0.4, 0.5) is 0 Å². The Hall–Kier alpha value is -1.30. The van der Waals surface area contributed by atoms with Crippen molar-refractivity contribution >= 4 is 11.9 Å². The molecule has 1 amide bonds. The summed E-state index contributed by atoms with van der Waals surface area (Å²) in [5.41, 5.74) is 5.36. The Morgan fingerprint density at radius 2 is 2.00 bits per heavy atom. The number of nitrogens with two attached hydrogens (primary N) is 1. The van der Waals surface area contributed by atoms with Crippen LogP contribution in [0.5, 0.6) is 0 Å². The molecule has 1 aliphatic heterocycles. The number of primary amides is 1. The molecule has 0 spiro atoms. The lowest BCUT2D eigenvalue weighted by Crippen LogP contribution is -2.47. The molecule has 6 nitrogen and oxygen atoms in total. The number of amides is 1. The molecule has 1 fully saturated rings. The van der Waals surface area contributed by atoms with Crippen molar-refractivity contribution in [2.75, 3.05) is 32.7 Å². The summed E-state index contributed by atoms with van der Waals surface area (Å²) < 4.78 is 0. The fourth-order valence-corrected chi connectivity index (χ4v) is 3.52. The van der Waals surface area contributed by atoms with Gasteiger partial charge < -0.3 is 16.0 Å². The fourth-order valence-electron chi connectivity index (χ4n) is 3.52. The second kappa shape index (κ2) is 10.5. The highest BCUT2D eigenvalue weighted by molar-refractivity contribution is 5.80. The van der Waals surface area contributed by atoms with Crippen molar-refractivity contribution in [3.05, 3.63) is 0 Å². The van der Waals surface area contributed by atoms with E-state index in [0.29, 0.717) is 24.4 Å². The van der Waals surface area contributed by atoms with Gasteiger partial charge in [-0.2, -0.15) is 0 Å². The van der Waals surface area contributed by atoms with Crippen LogP contribution in [0, 0.1) is 5.92 Å². The van der Waals surface area contributed by atoms with E-state index < -0.39 is 0 Å². The number of rotatable bonds is 8. The molecule has 0 bridgehead atoms. The second-order valence-electron chi connectivity index (χ2n) is 7.29. The van der Waals surface area contributed by atoms with Crippen molar-refractivity contribution in [3.63, 3.8) is 0 Å². The van der Waals surface area contributed by atoms with Crippen LogP contribution in [0.15, 0.2) is 4.99 Å². The molecule has 0 radical (unpaired) electrons. The van der Waals surface area contributed by atoms with Crippen LogP contribution in [0.3, 0.4) is 0 Å². The zero-order valence-electron chi connectivity index (χ0n) is 16.2. The van der Waals surface area contributed by atoms with Crippen LogP contribution in [-0.2, 0) is 4.79 Å². The van der Waals surface area contributed by atoms with Gasteiger partial charge in [0.25, 0.3) is 0 Å². The van der Waals surface area contributed by atoms with E-state index in [1.165, 1.54) is 0 Å². The van der Waals surface area contributed by atoms with Crippen LogP contribution in [0.25, 0.3) is 0 Å². The van der Waals surface area contributed by atoms with Crippen molar-refractivity contribution in [3.8, 4) is 0 Å². The monoisotopic (exact) mass is 339 g/mol. The number of piperidine rings is 1. The van der Waals surface area contributed by atoms with Crippen molar-refractivity contribution in [1.82, 2.24) is 15.1 Å². The lowest BCUT2D eigenvalue weighted by Gasteiger charge is -2.35. The summed E-state index contributed by atoms with van der Waals surface area (Å²) in [5.74, 6) is 1.12. The van der Waals surface area contributed by atoms with Crippen molar-refractivity contribution in [2.24, 2.45) is 16.6 Å². The van der Waals surface area contributed by atoms with E-state index in [1.807, 2.05) is 0 Å². The van der Waals surface area contributed by atoms with Gasteiger partial charge >= 0.3 is 0 Å². The predicted octanol–water partition coefficient (Wildman–Crippen LogP) is 1.66. The molecule has 0 aliphatic carbocycles. The van der Waals surface area contributed by atoms with Gasteiger partial charge in [0, 0.05) is 44.7 Å². The predicted molar refractivity (Wildman–Crippen MR) is 101 cm³/mol. The Bertz CT molecular complexity index is 400. The Balaban J connectivity index is 2.65. The van der Waals surface area contributed by atoms with E-state index >= 15 is 0 Å². The van der Waals surface area contributed by atoms with Gasteiger partial charge in [-0.25, -0.2) is 0 Å². The number of carbonyl (C=O) groups excluding carboxylic acids is 1. The zero-order valence-corrected chi connectivity index (χ0v) is 16.2. The van der Waals surface area contributed by atoms with Crippen molar-refractivity contribution in [1.29, 1.82) is 0 Å². The molecule has 3 N–H and O–H groups in total. The van der Waals surface area contributed by atoms with E-state index in [2.05, 4.69) is 49.7 Å². The van der Waals surface area contributed by atoms with Crippen LogP contribution < -0.4 is 11.1 Å². The van der Waals surface area contributed by atoms with Crippen molar-refractivity contribution in [2.45, 2.75) is 66.0 Å². The summed E-state index contributed by atoms with van der Waals surface area (Å²) in [4.78, 5) is 20.8. The first-order chi connectivity index (χ1) is 11.3. The number of aliphatic imine (C=N–C) groups is 1. The minimum absolute atomic E-state index is 0.201. The lowest BCUT2D eigenvalue weighted by molar-refractivity contribution is -0.119. The Morgan fingerprint density at radius 1 is 1.33 bits per heavy atom. The quantitative estimate of drug-likeness (QED) is 0.521. The molecule has 6 heteroatoms. The number of nitrogens with zero attached hydrogens (tertiary/aromatic N) is 3. The lowest BCUT2D eigenvalue weighted by atomic mass is 9.95. The van der Waals surface area contributed by atoms with Crippen LogP contribution >= 0.6 is 0 Å². The van der Waals surface area contributed by atoms with E-state index in [0.717, 1.165) is 51.5 Å². The molecule has 1 heterocycles. The first-order valence-electron chi connectivity index (χ1n) is 9.42. The normalized spacial score (nSPS) is 19.4. The van der Waals surface area contributed by atoms with Gasteiger partial charge in [0.15, 0.2) is 5.96 Å². The van der Waals surface area contributed by atoms with Gasteiger partial charge in [-0.1, -0.05) is 0 Å². The van der Waals surface area contributed by atoms with Gasteiger partial charge in [-0.05, 0) is 53.4 Å². The number of hydrogen-bond donors (Lipinski definition) is 2. The summed E-state index contributed by atoms with van der Waals surface area (Å²) >= 11 is 0. The minimum Gasteiger partial charge on any atom is -0.370 e. The van der Waals surface area contributed by atoms with E-state index in [-0.39, 0.29) is 5.91 Å². The SMILES string of the molecule is CCNC(=NCCN(C(C)C)C(C)C)N1CCCC(CC(N)=O)C1. The van der Waals surface area contributed by atoms with Gasteiger partial charge in [0.2, 0.25) is 5.91 Å². The third-order valence-corrected chi connectivity index (χ3v) is 4.59. The van der Waals surface area contributed by atoms with Crippen LogP contribution in [-0.4, -0.2) is 66.5 Å². The van der Waals surface area contributed by atoms with E-state index in [1.54, 1.807) is 0 Å². The first-order valence-corrected chi connectivity index (χ1v) is 9.42. The summed E-state index contributed by atoms with van der Waals surface area (Å²) in [7, 11) is 0. The fraction of sp³-hybridized carbons (Fsp3) is 0.889. The Kier molecular flexibility index (Phi) is 9.11. The molecule has 1 rings (SSSR count). The highest BCUT2D eigenvalue weighted by Gasteiger charge is 2.23. The maximum atomic E-state index is 11.2. The number of likely N-dealkylation sites (tertiary alicyclic amines) is 1. The maximum Gasteiger partial charge on any atom is 0.217 e. The van der Waals surface area contributed by atoms with E-state index in [4.69, 9.17) is 10.7 Å². The zero-order chi connectivity index (χ0) is 18.1. The third-order valence-electron chi connectivity index (χ3n) is 4.59. The smallest absolute Gasteiger partial charge is 0.217 e. The average Bonchev–Trinajstić information content (AvgIpc) is 2.49. The standard InChI is InChI=1S/C18H37N5O/c1-6-20-18(21-9-11-23(14(2)3)15(4)5)22-10-7-8-16(13-22)12-17(19)24/h14-16H,6-13H2,1-5H3,(H2,19,24)(H,20,21). The van der Waals surface area contributed by atoms with E-state index in [9.17, 15) is 4.79 Å². The van der Waals surface area contributed by atoms with Crippen LogP contribution in [0.1, 0.15) is 53.9 Å². The molecule has 0 aromatic rings. The molecule has 1 aliphatic rings. The molecule has 0 saturated carbocycles. The second-order valence-corrected chi connectivity index (χ2v) is 7.29. The topological polar surface area (TPSA) is 74.0 Å². The maximum absolute atomic E-state index is 11.2. The van der Waals surface area contributed by atoms with Gasteiger partial charge in [-0.3, -0.25) is 14.7 Å². The number of guanidine groups is 1. The summed E-state index contributed by atoms with van der Waals surface area (Å²) in [6, 6.07) is 1.05. The molecule has 1 saturated heterocycles. The molecule has 0 aromatic carbocycles. The molecule has 0 aromatic heterocycles. The molecular weight excluding hydrogens is 302 g/mol. The summed E-state index contributed by atoms with van der Waals surface area (Å²) in [6.07, 6.45) is 2.64. The summed E-state index contributed by atoms with van der Waals surface area (Å²) in [5, 5.41) is 3.40. The number of nitrogens with one attached hydrogen (secondary N) is 1.